The van der Waals surface area contributed by atoms with Crippen LogP contribution in [0, 0.1) is 0 Å². The quantitative estimate of drug-likeness (QED) is 0.347. The number of hydrogen-bond donors (Lipinski definition) is 1. The van der Waals surface area contributed by atoms with Gasteiger partial charge in [0.05, 0.1) is 6.26 Å². The molecule has 1 aromatic rings. The highest BCUT2D eigenvalue weighted by Crippen LogP contribution is 2.25. The van der Waals surface area contributed by atoms with Crippen LogP contribution in [0.5, 0.6) is 0 Å². The second-order valence-corrected chi connectivity index (χ2v) is 7.93. The number of aliphatic hydroxyl groups excluding tert-OH is 1. The molecular formula is C17H28O6Si. The van der Waals surface area contributed by atoms with Crippen molar-refractivity contribution in [3.8, 4) is 0 Å². The number of aliphatic hydroxyl groups is 1. The van der Waals surface area contributed by atoms with E-state index in [1.165, 1.54) is 13.2 Å². The van der Waals surface area contributed by atoms with Crippen molar-refractivity contribution in [1.29, 1.82) is 0 Å². The van der Waals surface area contributed by atoms with E-state index in [1.807, 2.05) is 20.8 Å². The minimum Gasteiger partial charge on any atom is -0.504 e. The van der Waals surface area contributed by atoms with Crippen LogP contribution in [0.25, 0.3) is 5.76 Å². The largest absolute Gasteiger partial charge is 0.504 e. The van der Waals surface area contributed by atoms with E-state index in [1.54, 1.807) is 12.1 Å². The van der Waals surface area contributed by atoms with Crippen LogP contribution in [0.4, 0.5) is 0 Å². The van der Waals surface area contributed by atoms with Gasteiger partial charge in [-0.05, 0) is 52.7 Å². The Bertz CT molecular complexity index is 506. The van der Waals surface area contributed by atoms with Crippen molar-refractivity contribution in [2.24, 2.45) is 0 Å². The molecule has 0 aliphatic heterocycles. The van der Waals surface area contributed by atoms with Crippen molar-refractivity contribution >= 4 is 20.3 Å². The minimum absolute atomic E-state index is 0.107. The maximum Gasteiger partial charge on any atom is 0.500 e. The van der Waals surface area contributed by atoms with Gasteiger partial charge in [-0.1, -0.05) is 0 Å². The predicted molar refractivity (Wildman–Crippen MR) is 93.6 cm³/mol. The van der Waals surface area contributed by atoms with Crippen molar-refractivity contribution in [3.63, 3.8) is 0 Å². The number of hydrogen-bond acceptors (Lipinski definition) is 6. The van der Waals surface area contributed by atoms with E-state index in [9.17, 15) is 9.90 Å². The summed E-state index contributed by atoms with van der Waals surface area (Å²) in [5.74, 6) is 0.00697. The first-order chi connectivity index (χ1) is 11.5. The topological polar surface area (TPSA) is 78.1 Å². The fourth-order valence-electron chi connectivity index (χ4n) is 2.51. The molecule has 0 bridgehead atoms. The maximum absolute atomic E-state index is 11.9. The summed E-state index contributed by atoms with van der Waals surface area (Å²) in [5.41, 5.74) is 0.345. The normalized spacial score (nSPS) is 13.0. The molecule has 0 atom stereocenters. The Morgan fingerprint density at radius 2 is 1.75 bits per heavy atom. The fraction of sp³-hybridized carbons (Fsp3) is 0.588. The number of furan rings is 1. The van der Waals surface area contributed by atoms with Gasteiger partial charge in [0.15, 0.2) is 17.3 Å². The molecule has 0 radical (unpaired) electrons. The standard InChI is InChI=1S/C17H28O6Si/c1-5-21-24(22-6-2,23-7-3)13-9-10-15(14(4)18)17(19)16-11-8-12-20-16/h8,11-12,19H,5-7,9-10,13H2,1-4H3. The molecule has 1 aromatic heterocycles. The van der Waals surface area contributed by atoms with Crippen LogP contribution < -0.4 is 0 Å². The second kappa shape index (κ2) is 10.5. The van der Waals surface area contributed by atoms with E-state index in [0.717, 1.165) is 0 Å². The lowest BCUT2D eigenvalue weighted by molar-refractivity contribution is -0.113. The SMILES string of the molecule is CCO[Si](CCCC(C(C)=O)=C(O)c1ccco1)(OCC)OCC. The molecule has 0 aliphatic rings. The van der Waals surface area contributed by atoms with Gasteiger partial charge in [0, 0.05) is 31.4 Å². The third-order valence-electron chi connectivity index (χ3n) is 3.47. The van der Waals surface area contributed by atoms with Crippen LogP contribution in [0.3, 0.4) is 0 Å². The number of Topliss-reactive ketones (excluding diaryl/α,β-unsaturated/α-hetero) is 1. The Labute approximate surface area is 144 Å². The predicted octanol–water partition coefficient (Wildman–Crippen LogP) is 3.97. The van der Waals surface area contributed by atoms with Crippen LogP contribution in [0.2, 0.25) is 6.04 Å². The molecule has 7 heteroatoms. The van der Waals surface area contributed by atoms with Crippen LogP contribution >= 0.6 is 0 Å². The zero-order valence-corrected chi connectivity index (χ0v) is 16.0. The lowest BCUT2D eigenvalue weighted by Gasteiger charge is -2.28. The zero-order chi connectivity index (χ0) is 18.0. The first-order valence-electron chi connectivity index (χ1n) is 8.38. The van der Waals surface area contributed by atoms with E-state index in [2.05, 4.69) is 0 Å². The molecule has 136 valence electrons. The van der Waals surface area contributed by atoms with E-state index in [-0.39, 0.29) is 11.5 Å². The van der Waals surface area contributed by atoms with E-state index in [0.29, 0.717) is 50.0 Å². The maximum atomic E-state index is 11.9. The first-order valence-corrected chi connectivity index (χ1v) is 10.3. The Balaban J connectivity index is 2.82. The van der Waals surface area contributed by atoms with Gasteiger partial charge >= 0.3 is 8.80 Å². The van der Waals surface area contributed by atoms with Gasteiger partial charge in [0.1, 0.15) is 0 Å². The number of allylic oxidation sites excluding steroid dienone is 1. The van der Waals surface area contributed by atoms with Gasteiger partial charge in [-0.25, -0.2) is 0 Å². The van der Waals surface area contributed by atoms with Crippen LogP contribution in [-0.4, -0.2) is 39.5 Å². The summed E-state index contributed by atoms with van der Waals surface area (Å²) in [6, 6.07) is 3.88. The molecule has 0 spiro atoms. The molecule has 0 saturated heterocycles. The molecule has 0 fully saturated rings. The van der Waals surface area contributed by atoms with Gasteiger partial charge in [-0.2, -0.15) is 0 Å². The third kappa shape index (κ3) is 5.90. The number of rotatable bonds is 12. The molecule has 0 aliphatic carbocycles. The van der Waals surface area contributed by atoms with E-state index < -0.39 is 8.80 Å². The molecule has 0 saturated carbocycles. The van der Waals surface area contributed by atoms with Crippen molar-refractivity contribution in [2.75, 3.05) is 19.8 Å². The van der Waals surface area contributed by atoms with Gasteiger partial charge in [-0.15, -0.1) is 0 Å². The first kappa shape index (κ1) is 20.6. The molecule has 1 N–H and O–H groups in total. The number of carbonyl (C=O) groups excluding carboxylic acids is 1. The van der Waals surface area contributed by atoms with E-state index >= 15 is 0 Å². The minimum atomic E-state index is -2.74. The Kier molecular flexibility index (Phi) is 8.98. The van der Waals surface area contributed by atoms with Crippen molar-refractivity contribution in [3.05, 3.63) is 29.7 Å². The summed E-state index contributed by atoms with van der Waals surface area (Å²) in [4.78, 5) is 11.9. The van der Waals surface area contributed by atoms with Gasteiger partial charge in [-0.3, -0.25) is 4.79 Å². The Morgan fingerprint density at radius 3 is 2.17 bits per heavy atom. The summed E-state index contributed by atoms with van der Waals surface area (Å²) >= 11 is 0. The van der Waals surface area contributed by atoms with Crippen molar-refractivity contribution in [2.45, 2.75) is 46.6 Å². The van der Waals surface area contributed by atoms with Crippen LogP contribution in [-0.2, 0) is 18.1 Å². The van der Waals surface area contributed by atoms with Crippen molar-refractivity contribution in [1.82, 2.24) is 0 Å². The second-order valence-electron chi connectivity index (χ2n) is 5.20. The molecule has 1 heterocycles. The molecule has 6 nitrogen and oxygen atoms in total. The highest BCUT2D eigenvalue weighted by Gasteiger charge is 2.39. The zero-order valence-electron chi connectivity index (χ0n) is 15.0. The molecule has 0 unspecified atom stereocenters. The number of carbonyl (C=O) groups is 1. The van der Waals surface area contributed by atoms with Crippen molar-refractivity contribution < 1.29 is 27.6 Å². The lowest BCUT2D eigenvalue weighted by Crippen LogP contribution is -2.45. The molecule has 0 aromatic carbocycles. The number of ketones is 1. The Morgan fingerprint density at radius 1 is 1.17 bits per heavy atom. The smallest absolute Gasteiger partial charge is 0.500 e. The van der Waals surface area contributed by atoms with Gasteiger partial charge in [0.25, 0.3) is 0 Å². The summed E-state index contributed by atoms with van der Waals surface area (Å²) in [5, 5.41) is 10.3. The average Bonchev–Trinajstić information content (AvgIpc) is 3.06. The van der Waals surface area contributed by atoms with Gasteiger partial charge < -0.3 is 22.8 Å². The molecule has 1 rings (SSSR count). The third-order valence-corrected chi connectivity index (χ3v) is 6.62. The monoisotopic (exact) mass is 356 g/mol. The summed E-state index contributed by atoms with van der Waals surface area (Å²) in [6.45, 7) is 8.70. The lowest BCUT2D eigenvalue weighted by atomic mass is 10.0. The van der Waals surface area contributed by atoms with E-state index in [4.69, 9.17) is 17.7 Å². The van der Waals surface area contributed by atoms with Gasteiger partial charge in [0.2, 0.25) is 0 Å². The Hall–Kier alpha value is -1.41. The highest BCUT2D eigenvalue weighted by atomic mass is 28.4. The summed E-state index contributed by atoms with van der Waals surface area (Å²) < 4.78 is 22.6. The summed E-state index contributed by atoms with van der Waals surface area (Å²) in [7, 11) is -2.74. The summed E-state index contributed by atoms with van der Waals surface area (Å²) in [6.07, 6.45) is 2.48. The van der Waals surface area contributed by atoms with Crippen LogP contribution in [0.15, 0.2) is 28.4 Å². The molecule has 24 heavy (non-hydrogen) atoms. The fourth-order valence-corrected chi connectivity index (χ4v) is 5.12. The molecular weight excluding hydrogens is 328 g/mol. The molecule has 0 amide bonds. The van der Waals surface area contributed by atoms with Crippen LogP contribution in [0.1, 0.15) is 46.3 Å². The average molecular weight is 356 g/mol. The highest BCUT2D eigenvalue weighted by molar-refractivity contribution is 6.60.